The highest BCUT2D eigenvalue weighted by Gasteiger charge is 2.18. The molecule has 0 bridgehead atoms. The average Bonchev–Trinajstić information content (AvgIpc) is 2.17. The monoisotopic (exact) mass is 178 g/mol. The zero-order valence-electron chi connectivity index (χ0n) is 5.51. The van der Waals surface area contributed by atoms with E-state index in [1.807, 2.05) is 0 Å². The molecule has 1 heterocycles. The molecule has 1 rings (SSSR count). The Morgan fingerprint density at radius 2 is 2.36 bits per heavy atom. The Bertz CT molecular complexity index is 310. The number of aryl methyl sites for hydroxylation is 1. The smallest absolute Gasteiger partial charge is 0.358 e. The normalized spacial score (nSPS) is 10.1. The van der Waals surface area contributed by atoms with Crippen LogP contribution >= 0.6 is 11.6 Å². The number of halogens is 2. The van der Waals surface area contributed by atoms with E-state index in [1.54, 1.807) is 0 Å². The van der Waals surface area contributed by atoms with E-state index < -0.39 is 22.6 Å². The zero-order chi connectivity index (χ0) is 8.59. The van der Waals surface area contributed by atoms with Crippen molar-refractivity contribution in [2.24, 2.45) is 7.05 Å². The lowest BCUT2D eigenvalue weighted by molar-refractivity contribution is 0.0690. The molecule has 0 aliphatic carbocycles. The van der Waals surface area contributed by atoms with Gasteiger partial charge in [-0.1, -0.05) is 11.6 Å². The minimum absolute atomic E-state index is 0.458. The first kappa shape index (κ1) is 8.00. The van der Waals surface area contributed by atoms with E-state index in [9.17, 15) is 9.18 Å². The molecule has 0 radical (unpaired) electrons. The number of hydrogen-bond donors (Lipinski definition) is 1. The second kappa shape index (κ2) is 2.50. The maximum absolute atomic E-state index is 12.6. The van der Waals surface area contributed by atoms with Gasteiger partial charge in [-0.2, -0.15) is 9.49 Å². The van der Waals surface area contributed by atoms with Crippen molar-refractivity contribution in [2.45, 2.75) is 0 Å². The maximum atomic E-state index is 12.6. The minimum atomic E-state index is -1.34. The summed E-state index contributed by atoms with van der Waals surface area (Å²) in [6.07, 6.45) is 0. The Balaban J connectivity index is 3.29. The van der Waals surface area contributed by atoms with Gasteiger partial charge in [0.2, 0.25) is 5.95 Å². The standard InChI is InChI=1S/C5H4ClFN2O2/c1-9-4(7)2(6)3(8-9)5(10)11/h1H3,(H,10,11). The van der Waals surface area contributed by atoms with E-state index in [1.165, 1.54) is 7.05 Å². The fraction of sp³-hybridized carbons (Fsp3) is 0.200. The second-order valence-corrected chi connectivity index (χ2v) is 2.26. The average molecular weight is 179 g/mol. The van der Waals surface area contributed by atoms with Gasteiger partial charge in [-0.05, 0) is 0 Å². The molecular formula is C5H4ClFN2O2. The predicted octanol–water partition coefficient (Wildman–Crippen LogP) is 0.911. The molecule has 0 aliphatic heterocycles. The molecule has 1 N–H and O–H groups in total. The lowest BCUT2D eigenvalue weighted by Gasteiger charge is -1.84. The Kier molecular flexibility index (Phi) is 1.82. The molecule has 6 heteroatoms. The van der Waals surface area contributed by atoms with E-state index in [4.69, 9.17) is 16.7 Å². The molecule has 0 aliphatic rings. The van der Waals surface area contributed by atoms with Gasteiger partial charge in [0.25, 0.3) is 0 Å². The van der Waals surface area contributed by atoms with Gasteiger partial charge in [-0.25, -0.2) is 9.48 Å². The van der Waals surface area contributed by atoms with Gasteiger partial charge in [0.05, 0.1) is 0 Å². The SMILES string of the molecule is Cn1nc(C(=O)O)c(Cl)c1F. The topological polar surface area (TPSA) is 55.1 Å². The summed E-state index contributed by atoms with van der Waals surface area (Å²) in [4.78, 5) is 10.3. The molecule has 0 spiro atoms. The van der Waals surface area contributed by atoms with Crippen molar-refractivity contribution in [2.75, 3.05) is 0 Å². The van der Waals surface area contributed by atoms with Crippen LogP contribution < -0.4 is 0 Å². The Hall–Kier alpha value is -1.10. The van der Waals surface area contributed by atoms with E-state index >= 15 is 0 Å². The Morgan fingerprint density at radius 3 is 2.55 bits per heavy atom. The number of rotatable bonds is 1. The van der Waals surface area contributed by atoms with Gasteiger partial charge in [-0.3, -0.25) is 0 Å². The lowest BCUT2D eigenvalue weighted by Crippen LogP contribution is -1.99. The Labute approximate surface area is 66.2 Å². The van der Waals surface area contributed by atoms with Crippen LogP contribution in [0.15, 0.2) is 0 Å². The van der Waals surface area contributed by atoms with Gasteiger partial charge < -0.3 is 5.11 Å². The lowest BCUT2D eigenvalue weighted by atomic mass is 10.4. The van der Waals surface area contributed by atoms with Crippen LogP contribution in [0.25, 0.3) is 0 Å². The minimum Gasteiger partial charge on any atom is -0.476 e. The number of aromatic carboxylic acids is 1. The van der Waals surface area contributed by atoms with Crippen LogP contribution in [0.1, 0.15) is 10.5 Å². The van der Waals surface area contributed by atoms with E-state index in [-0.39, 0.29) is 0 Å². The number of carboxylic acid groups (broad SMARTS) is 1. The highest BCUT2D eigenvalue weighted by molar-refractivity contribution is 6.33. The zero-order valence-corrected chi connectivity index (χ0v) is 6.26. The number of nitrogens with zero attached hydrogens (tertiary/aromatic N) is 2. The molecule has 0 unspecified atom stereocenters. The van der Waals surface area contributed by atoms with Crippen molar-refractivity contribution in [3.05, 3.63) is 16.7 Å². The fourth-order valence-corrected chi connectivity index (χ4v) is 0.855. The van der Waals surface area contributed by atoms with Crippen LogP contribution in [0.2, 0.25) is 5.02 Å². The van der Waals surface area contributed by atoms with Crippen LogP contribution in [0.5, 0.6) is 0 Å². The highest BCUT2D eigenvalue weighted by Crippen LogP contribution is 2.17. The fourth-order valence-electron chi connectivity index (χ4n) is 0.614. The molecular weight excluding hydrogens is 175 g/mol. The molecule has 11 heavy (non-hydrogen) atoms. The summed E-state index contributed by atoms with van der Waals surface area (Å²) in [5, 5.41) is 11.2. The van der Waals surface area contributed by atoms with Crippen LogP contribution in [-0.4, -0.2) is 20.9 Å². The summed E-state index contributed by atoms with van der Waals surface area (Å²) >= 11 is 5.27. The third-order valence-electron chi connectivity index (χ3n) is 1.13. The van der Waals surface area contributed by atoms with Gasteiger partial charge >= 0.3 is 5.97 Å². The summed E-state index contributed by atoms with van der Waals surface area (Å²) in [5.74, 6) is -2.18. The maximum Gasteiger partial charge on any atom is 0.358 e. The van der Waals surface area contributed by atoms with Gasteiger partial charge in [0.15, 0.2) is 5.69 Å². The van der Waals surface area contributed by atoms with Crippen molar-refractivity contribution in [1.82, 2.24) is 9.78 Å². The first-order valence-corrected chi connectivity index (χ1v) is 3.03. The molecule has 4 nitrogen and oxygen atoms in total. The van der Waals surface area contributed by atoms with Crippen LogP contribution in [0, 0.1) is 5.95 Å². The molecule has 0 atom stereocenters. The van der Waals surface area contributed by atoms with E-state index in [2.05, 4.69) is 5.10 Å². The summed E-state index contributed by atoms with van der Waals surface area (Å²) in [7, 11) is 1.27. The van der Waals surface area contributed by atoms with Crippen molar-refractivity contribution < 1.29 is 14.3 Å². The molecule has 1 aromatic rings. The molecule has 0 amide bonds. The number of aromatic nitrogens is 2. The van der Waals surface area contributed by atoms with Crippen molar-refractivity contribution in [3.63, 3.8) is 0 Å². The first-order chi connectivity index (χ1) is 5.04. The van der Waals surface area contributed by atoms with Crippen molar-refractivity contribution in [1.29, 1.82) is 0 Å². The van der Waals surface area contributed by atoms with Crippen LogP contribution in [0.4, 0.5) is 4.39 Å². The summed E-state index contributed by atoms with van der Waals surface area (Å²) in [5.41, 5.74) is -0.466. The molecule has 1 aromatic heterocycles. The van der Waals surface area contributed by atoms with Gasteiger partial charge in [0.1, 0.15) is 5.02 Å². The quantitative estimate of drug-likeness (QED) is 0.696. The molecule has 0 saturated carbocycles. The van der Waals surface area contributed by atoms with E-state index in [0.29, 0.717) is 0 Å². The summed E-state index contributed by atoms with van der Waals surface area (Å²) in [6, 6.07) is 0. The third kappa shape index (κ3) is 1.19. The van der Waals surface area contributed by atoms with Crippen LogP contribution in [-0.2, 0) is 7.05 Å². The largest absolute Gasteiger partial charge is 0.476 e. The first-order valence-electron chi connectivity index (χ1n) is 2.65. The molecule has 60 valence electrons. The van der Waals surface area contributed by atoms with Crippen LogP contribution in [0.3, 0.4) is 0 Å². The van der Waals surface area contributed by atoms with E-state index in [0.717, 1.165) is 4.68 Å². The molecule has 0 aromatic carbocycles. The highest BCUT2D eigenvalue weighted by atomic mass is 35.5. The summed E-state index contributed by atoms with van der Waals surface area (Å²) in [6.45, 7) is 0. The van der Waals surface area contributed by atoms with Gasteiger partial charge in [0, 0.05) is 7.05 Å². The number of carboxylic acids is 1. The second-order valence-electron chi connectivity index (χ2n) is 1.88. The predicted molar refractivity (Wildman–Crippen MR) is 35.1 cm³/mol. The molecule has 0 fully saturated rings. The van der Waals surface area contributed by atoms with Crippen molar-refractivity contribution in [3.8, 4) is 0 Å². The molecule has 0 saturated heterocycles. The van der Waals surface area contributed by atoms with Gasteiger partial charge in [-0.15, -0.1) is 0 Å². The Morgan fingerprint density at radius 1 is 1.82 bits per heavy atom. The third-order valence-corrected chi connectivity index (χ3v) is 1.46. The number of hydrogen-bond acceptors (Lipinski definition) is 2. The van der Waals surface area contributed by atoms with Crippen molar-refractivity contribution >= 4 is 17.6 Å². The summed E-state index contributed by atoms with van der Waals surface area (Å²) < 4.78 is 13.4. The number of carbonyl (C=O) groups is 1.